The monoisotopic (exact) mass is 453 g/mol. The second-order valence-corrected chi connectivity index (χ2v) is 6.80. The van der Waals surface area contributed by atoms with Gasteiger partial charge in [0.1, 0.15) is 17.9 Å². The molecule has 0 unspecified atom stereocenters. The number of hydrogen-bond acceptors (Lipinski definition) is 7. The maximum atomic E-state index is 14.0. The molecule has 0 saturated carbocycles. The van der Waals surface area contributed by atoms with Crippen LogP contribution in [0.1, 0.15) is 32.8 Å². The third-order valence-electron chi connectivity index (χ3n) is 4.36. The highest BCUT2D eigenvalue weighted by molar-refractivity contribution is 5.95. The van der Waals surface area contributed by atoms with Gasteiger partial charge in [-0.15, -0.1) is 0 Å². The Hall–Kier alpha value is -3.50. The molecule has 0 bridgehead atoms. The number of carbonyl (C=O) groups excluding carboxylic acids is 5. The Balaban J connectivity index is 3.16. The fraction of sp³-hybridized carbons (Fsp3) is 0.476. The second-order valence-electron chi connectivity index (χ2n) is 6.80. The van der Waals surface area contributed by atoms with Crippen LogP contribution in [0.2, 0.25) is 0 Å². The van der Waals surface area contributed by atoms with Crippen molar-refractivity contribution < 1.29 is 37.8 Å². The average Bonchev–Trinajstić information content (AvgIpc) is 2.71. The topological polar surface area (TPSA) is 154 Å². The van der Waals surface area contributed by atoms with Gasteiger partial charge in [0.05, 0.1) is 25.6 Å². The second kappa shape index (κ2) is 13.0. The van der Waals surface area contributed by atoms with Crippen molar-refractivity contribution in [2.24, 2.45) is 11.7 Å². The molecule has 0 heterocycles. The number of amides is 3. The summed E-state index contributed by atoms with van der Waals surface area (Å²) in [6.45, 7) is 4.24. The summed E-state index contributed by atoms with van der Waals surface area (Å²) in [5.41, 5.74) is 5.53. The molecular formula is C21H28FN3O7. The summed E-state index contributed by atoms with van der Waals surface area (Å²) in [6.07, 6.45) is -0.801. The molecule has 0 spiro atoms. The smallest absolute Gasteiger partial charge is 0.312 e. The van der Waals surface area contributed by atoms with Gasteiger partial charge < -0.3 is 25.8 Å². The first-order chi connectivity index (χ1) is 15.1. The van der Waals surface area contributed by atoms with Crippen LogP contribution in [0.15, 0.2) is 24.3 Å². The molecule has 1 aromatic rings. The minimum absolute atomic E-state index is 0.0369. The van der Waals surface area contributed by atoms with Crippen LogP contribution in [0.5, 0.6) is 0 Å². The molecule has 0 saturated heterocycles. The lowest BCUT2D eigenvalue weighted by atomic mass is 9.94. The molecule has 4 N–H and O–H groups in total. The Labute approximate surface area is 185 Å². The molecule has 0 aliphatic heterocycles. The summed E-state index contributed by atoms with van der Waals surface area (Å²) in [7, 11) is 0. The van der Waals surface area contributed by atoms with Gasteiger partial charge in [0.15, 0.2) is 0 Å². The van der Waals surface area contributed by atoms with E-state index in [9.17, 15) is 28.4 Å². The van der Waals surface area contributed by atoms with Crippen molar-refractivity contribution in [1.82, 2.24) is 10.6 Å². The molecule has 3 amide bonds. The zero-order valence-electron chi connectivity index (χ0n) is 18.2. The summed E-state index contributed by atoms with van der Waals surface area (Å²) in [4.78, 5) is 60.9. The highest BCUT2D eigenvalue weighted by Crippen LogP contribution is 2.15. The molecule has 1 aromatic carbocycles. The predicted molar refractivity (Wildman–Crippen MR) is 110 cm³/mol. The minimum atomic E-state index is -1.64. The summed E-state index contributed by atoms with van der Waals surface area (Å²) < 4.78 is 23.8. The first kappa shape index (κ1) is 26.5. The molecule has 1 rings (SSSR count). The van der Waals surface area contributed by atoms with Gasteiger partial charge in [-0.1, -0.05) is 18.2 Å². The van der Waals surface area contributed by atoms with E-state index in [2.05, 4.69) is 10.6 Å². The molecule has 176 valence electrons. The molecule has 0 radical (unpaired) electrons. The van der Waals surface area contributed by atoms with Crippen molar-refractivity contribution in [2.75, 3.05) is 13.2 Å². The number of esters is 2. The molecule has 0 aromatic heterocycles. The van der Waals surface area contributed by atoms with Gasteiger partial charge in [-0.05, 0) is 25.5 Å². The lowest BCUT2D eigenvalue weighted by molar-refractivity contribution is -0.157. The maximum absolute atomic E-state index is 14.0. The Kier molecular flexibility index (Phi) is 10.8. The number of rotatable bonds is 12. The van der Waals surface area contributed by atoms with E-state index in [4.69, 9.17) is 15.2 Å². The van der Waals surface area contributed by atoms with Crippen LogP contribution in [0.3, 0.4) is 0 Å². The van der Waals surface area contributed by atoms with E-state index in [1.165, 1.54) is 25.1 Å². The van der Waals surface area contributed by atoms with Gasteiger partial charge in [-0.25, -0.2) is 4.39 Å². The van der Waals surface area contributed by atoms with Crippen molar-refractivity contribution in [3.63, 3.8) is 0 Å². The number of benzene rings is 1. The van der Waals surface area contributed by atoms with E-state index in [0.717, 1.165) is 6.92 Å². The van der Waals surface area contributed by atoms with Gasteiger partial charge >= 0.3 is 11.9 Å². The summed E-state index contributed by atoms with van der Waals surface area (Å²) in [6, 6.07) is 2.74. The molecule has 0 aliphatic carbocycles. The quantitative estimate of drug-likeness (QED) is 0.376. The highest BCUT2D eigenvalue weighted by atomic mass is 19.1. The number of carbonyl (C=O) groups is 5. The minimum Gasteiger partial charge on any atom is -0.466 e. The number of nitrogens with one attached hydrogen (secondary N) is 2. The molecule has 32 heavy (non-hydrogen) atoms. The van der Waals surface area contributed by atoms with Crippen LogP contribution >= 0.6 is 0 Å². The number of primary amides is 1. The number of hydrogen-bond donors (Lipinski definition) is 3. The molecule has 0 aliphatic rings. The zero-order chi connectivity index (χ0) is 24.3. The van der Waals surface area contributed by atoms with Crippen LogP contribution in [0.4, 0.5) is 4.39 Å². The van der Waals surface area contributed by atoms with E-state index in [1.54, 1.807) is 13.0 Å². The summed E-state index contributed by atoms with van der Waals surface area (Å²) >= 11 is 0. The third-order valence-corrected chi connectivity index (χ3v) is 4.36. The van der Waals surface area contributed by atoms with Crippen LogP contribution in [0, 0.1) is 11.7 Å². The molecule has 11 heteroatoms. The van der Waals surface area contributed by atoms with Gasteiger partial charge in [-0.2, -0.15) is 0 Å². The van der Waals surface area contributed by atoms with E-state index >= 15 is 0 Å². The van der Waals surface area contributed by atoms with E-state index in [-0.39, 0.29) is 25.2 Å². The molecule has 0 fully saturated rings. The standard InChI is InChI=1S/C21H28FN3O7/c1-4-31-17(27)11-14(21(30)32-5-2)18(19(23)28)25-20(29)16(24-12(3)26)10-13-8-6-7-9-15(13)22/h6-9,14,16,18H,4-5,10-11H2,1-3H3,(H2,23,28)(H,24,26)(H,25,29)/t14-,16-,18-/m0/s1. The van der Waals surface area contributed by atoms with Crippen molar-refractivity contribution in [1.29, 1.82) is 0 Å². The van der Waals surface area contributed by atoms with Crippen molar-refractivity contribution in [3.8, 4) is 0 Å². The number of ether oxygens (including phenoxy) is 2. The summed E-state index contributed by atoms with van der Waals surface area (Å²) in [5, 5.41) is 4.67. The zero-order valence-corrected chi connectivity index (χ0v) is 18.2. The molecule has 10 nitrogen and oxygen atoms in total. The van der Waals surface area contributed by atoms with Gasteiger partial charge in [0.2, 0.25) is 17.7 Å². The van der Waals surface area contributed by atoms with Gasteiger partial charge in [0, 0.05) is 13.3 Å². The Morgan fingerprint density at radius 1 is 1.03 bits per heavy atom. The normalized spacial score (nSPS) is 13.2. The molecule has 3 atom stereocenters. The first-order valence-electron chi connectivity index (χ1n) is 10.0. The van der Waals surface area contributed by atoms with Crippen LogP contribution < -0.4 is 16.4 Å². The SMILES string of the molecule is CCOC(=O)C[C@H](C(=O)OCC)[C@H](NC(=O)[C@H](Cc1ccccc1F)NC(C)=O)C(N)=O. The fourth-order valence-corrected chi connectivity index (χ4v) is 2.95. The van der Waals surface area contributed by atoms with Gasteiger partial charge in [0.25, 0.3) is 0 Å². The lowest BCUT2D eigenvalue weighted by Crippen LogP contribution is -2.57. The fourth-order valence-electron chi connectivity index (χ4n) is 2.95. The first-order valence-corrected chi connectivity index (χ1v) is 10.0. The van der Waals surface area contributed by atoms with Crippen molar-refractivity contribution in [2.45, 2.75) is 45.7 Å². The van der Waals surface area contributed by atoms with Crippen LogP contribution in [0.25, 0.3) is 0 Å². The number of nitrogens with two attached hydrogens (primary N) is 1. The van der Waals surface area contributed by atoms with E-state index in [1.807, 2.05) is 0 Å². The average molecular weight is 453 g/mol. The van der Waals surface area contributed by atoms with Crippen LogP contribution in [-0.4, -0.2) is 55.0 Å². The number of halogens is 1. The van der Waals surface area contributed by atoms with Crippen molar-refractivity contribution >= 4 is 29.7 Å². The third kappa shape index (κ3) is 8.32. The van der Waals surface area contributed by atoms with Gasteiger partial charge in [-0.3, -0.25) is 24.0 Å². The Morgan fingerprint density at radius 3 is 2.19 bits per heavy atom. The Morgan fingerprint density at radius 2 is 1.66 bits per heavy atom. The highest BCUT2D eigenvalue weighted by Gasteiger charge is 2.38. The maximum Gasteiger partial charge on any atom is 0.312 e. The lowest BCUT2D eigenvalue weighted by Gasteiger charge is -2.26. The Bertz CT molecular complexity index is 846. The predicted octanol–water partition coefficient (Wildman–Crippen LogP) is -0.0245. The summed E-state index contributed by atoms with van der Waals surface area (Å²) in [5.74, 6) is -6.36. The largest absolute Gasteiger partial charge is 0.466 e. The molecular weight excluding hydrogens is 425 g/mol. The van der Waals surface area contributed by atoms with Crippen LogP contribution in [-0.2, 0) is 39.9 Å². The van der Waals surface area contributed by atoms with E-state index in [0.29, 0.717) is 0 Å². The van der Waals surface area contributed by atoms with Crippen molar-refractivity contribution in [3.05, 3.63) is 35.6 Å². The van der Waals surface area contributed by atoms with E-state index < -0.39 is 59.9 Å².